The van der Waals surface area contributed by atoms with Crippen LogP contribution in [0.3, 0.4) is 0 Å². The quantitative estimate of drug-likeness (QED) is 0.429. The van der Waals surface area contributed by atoms with E-state index in [4.69, 9.17) is 0 Å². The molecule has 0 aliphatic carbocycles. The van der Waals surface area contributed by atoms with Gasteiger partial charge in [-0.15, -0.1) is 0 Å². The molecule has 0 spiro atoms. The van der Waals surface area contributed by atoms with E-state index in [1.54, 1.807) is 0 Å². The third-order valence-corrected chi connectivity index (χ3v) is 3.69. The van der Waals surface area contributed by atoms with Gasteiger partial charge in [-0.25, -0.2) is 6.07 Å². The standard InChI is InChI=1S/2C9H13.C2H7Si.2ClH.Zr/c1-6-5-7(2)9(4)8(6)3;1-3-4-9-6-5-8(2)7-9;1-3-2;;;/h5H,1-4H3;5-7H,3-4H2,1-2H3;3H,1-2H3;2*1H;/q2*-1;;;;+4/p-2. The molecule has 0 unspecified atom stereocenters. The van der Waals surface area contributed by atoms with Crippen LogP contribution < -0.4 is 24.8 Å². The first-order chi connectivity index (χ1) is 9.87. The van der Waals surface area contributed by atoms with E-state index < -0.39 is 0 Å². The van der Waals surface area contributed by atoms with Crippen molar-refractivity contribution in [2.45, 2.75) is 67.5 Å². The van der Waals surface area contributed by atoms with Crippen LogP contribution in [0.1, 0.15) is 46.7 Å². The van der Waals surface area contributed by atoms with Gasteiger partial charge < -0.3 is 24.8 Å². The van der Waals surface area contributed by atoms with Crippen molar-refractivity contribution >= 4 is 9.52 Å². The maximum Gasteiger partial charge on any atom is 4.00 e. The van der Waals surface area contributed by atoms with Gasteiger partial charge in [0.15, 0.2) is 0 Å². The molecule has 0 aliphatic heterocycles. The zero-order chi connectivity index (χ0) is 16.4. The third-order valence-electron chi connectivity index (χ3n) is 3.69. The van der Waals surface area contributed by atoms with E-state index >= 15 is 0 Å². The van der Waals surface area contributed by atoms with Crippen LogP contribution >= 0.6 is 0 Å². The summed E-state index contributed by atoms with van der Waals surface area (Å²) in [6, 6.07) is 8.87. The molecule has 135 valence electrons. The number of rotatable bonds is 2. The van der Waals surface area contributed by atoms with E-state index in [9.17, 15) is 0 Å². The summed E-state index contributed by atoms with van der Waals surface area (Å²) < 4.78 is 0. The molecule has 0 heterocycles. The number of halogens is 2. The minimum atomic E-state index is 0. The van der Waals surface area contributed by atoms with Crippen LogP contribution in [0.4, 0.5) is 0 Å². The van der Waals surface area contributed by atoms with Crippen molar-refractivity contribution in [3.63, 3.8) is 0 Å². The molecular formula is C20H33Cl2SiZr. The maximum atomic E-state index is 2.25. The summed E-state index contributed by atoms with van der Waals surface area (Å²) >= 11 is 0. The Balaban J connectivity index is -0.000000130. The fraction of sp³-hybridized carbons (Fsp3) is 0.500. The topological polar surface area (TPSA) is 0 Å². The summed E-state index contributed by atoms with van der Waals surface area (Å²) in [6.45, 7) is 17.4. The molecule has 0 atom stereocenters. The first kappa shape index (κ1) is 32.1. The van der Waals surface area contributed by atoms with E-state index in [1.165, 1.54) is 46.2 Å². The molecule has 2 rings (SSSR count). The molecule has 2 aromatic rings. The normalized spacial score (nSPS) is 8.33. The predicted molar refractivity (Wildman–Crippen MR) is 101 cm³/mol. The van der Waals surface area contributed by atoms with Crippen molar-refractivity contribution < 1.29 is 51.0 Å². The Morgan fingerprint density at radius 3 is 1.79 bits per heavy atom. The molecule has 0 aliphatic rings. The molecule has 0 N–H and O–H groups in total. The largest absolute Gasteiger partial charge is 4.00 e. The van der Waals surface area contributed by atoms with Gasteiger partial charge in [-0.05, 0) is 0 Å². The molecule has 0 aromatic heterocycles. The maximum absolute atomic E-state index is 2.25. The van der Waals surface area contributed by atoms with Crippen molar-refractivity contribution in [2.75, 3.05) is 0 Å². The van der Waals surface area contributed by atoms with Crippen LogP contribution in [-0.2, 0) is 32.6 Å². The molecule has 24 heavy (non-hydrogen) atoms. The summed E-state index contributed by atoms with van der Waals surface area (Å²) in [7, 11) is 0.750. The second-order valence-corrected chi connectivity index (χ2v) is 7.04. The Morgan fingerprint density at radius 2 is 1.58 bits per heavy atom. The Kier molecular flexibility index (Phi) is 24.3. The van der Waals surface area contributed by atoms with E-state index in [-0.39, 0.29) is 51.0 Å². The first-order valence-electron chi connectivity index (χ1n) is 8.03. The summed E-state index contributed by atoms with van der Waals surface area (Å²) in [5.74, 6) is 0. The van der Waals surface area contributed by atoms with Gasteiger partial charge in [0.05, 0.1) is 0 Å². The number of aryl methyl sites for hydroxylation is 4. The molecule has 0 amide bonds. The van der Waals surface area contributed by atoms with Crippen LogP contribution in [0.2, 0.25) is 13.1 Å². The molecule has 0 nitrogen and oxygen atoms in total. The average molecular weight is 464 g/mol. The molecular weight excluding hydrogens is 430 g/mol. The van der Waals surface area contributed by atoms with Crippen molar-refractivity contribution in [2.24, 2.45) is 0 Å². The van der Waals surface area contributed by atoms with Crippen LogP contribution in [0.15, 0.2) is 24.3 Å². The fourth-order valence-corrected chi connectivity index (χ4v) is 2.20. The second kappa shape index (κ2) is 18.2. The molecule has 0 saturated heterocycles. The van der Waals surface area contributed by atoms with Crippen LogP contribution in [0.5, 0.6) is 0 Å². The van der Waals surface area contributed by atoms with Gasteiger partial charge in [-0.3, -0.25) is 0 Å². The molecule has 1 radical (unpaired) electrons. The zero-order valence-electron chi connectivity index (χ0n) is 16.6. The number of hydrogen-bond acceptors (Lipinski definition) is 0. The second-order valence-electron chi connectivity index (χ2n) is 5.88. The van der Waals surface area contributed by atoms with Crippen molar-refractivity contribution in [1.29, 1.82) is 0 Å². The van der Waals surface area contributed by atoms with Gasteiger partial charge in [-0.1, -0.05) is 67.5 Å². The smallest absolute Gasteiger partial charge is 1.00 e. The minimum Gasteiger partial charge on any atom is -1.00 e. The SMILES string of the molecule is CCCc1c[cH-]c(C)c1.C[SiH]C.Cc1c[c-](C)c(C)c1C.[Cl-].[Cl-].[Zr+4]. The average Bonchev–Trinajstić information content (AvgIpc) is 2.92. The minimum absolute atomic E-state index is 0. The Labute approximate surface area is 184 Å². The molecule has 4 heteroatoms. The van der Waals surface area contributed by atoms with Gasteiger partial charge >= 0.3 is 26.2 Å². The third kappa shape index (κ3) is 12.7. The molecule has 0 fully saturated rings. The van der Waals surface area contributed by atoms with E-state index in [2.05, 4.69) is 78.9 Å². The summed E-state index contributed by atoms with van der Waals surface area (Å²) in [6.07, 6.45) is 2.48. The first-order valence-corrected chi connectivity index (χ1v) is 10.3. The van der Waals surface area contributed by atoms with Gasteiger partial charge in [0.1, 0.15) is 0 Å². The number of hydrogen-bond donors (Lipinski definition) is 0. The van der Waals surface area contributed by atoms with Crippen LogP contribution in [-0.4, -0.2) is 9.52 Å². The summed E-state index contributed by atoms with van der Waals surface area (Å²) in [5.41, 5.74) is 8.61. The summed E-state index contributed by atoms with van der Waals surface area (Å²) in [5, 5.41) is 0. The van der Waals surface area contributed by atoms with Crippen LogP contribution in [0, 0.1) is 34.6 Å². The van der Waals surface area contributed by atoms with E-state index in [0.29, 0.717) is 0 Å². The molecule has 0 bridgehead atoms. The Morgan fingerprint density at radius 1 is 1.08 bits per heavy atom. The van der Waals surface area contributed by atoms with Gasteiger partial charge in [0, 0.05) is 9.52 Å². The van der Waals surface area contributed by atoms with Gasteiger partial charge in [-0.2, -0.15) is 51.6 Å². The summed E-state index contributed by atoms with van der Waals surface area (Å²) in [4.78, 5) is 0. The van der Waals surface area contributed by atoms with E-state index in [0.717, 1.165) is 9.52 Å². The van der Waals surface area contributed by atoms with Crippen molar-refractivity contribution in [3.8, 4) is 0 Å². The Hall–Kier alpha value is 0.380. The molecule has 2 aromatic carbocycles. The Bertz CT molecular complexity index is 493. The fourth-order valence-electron chi connectivity index (χ4n) is 2.20. The van der Waals surface area contributed by atoms with Gasteiger partial charge in [0.25, 0.3) is 0 Å². The van der Waals surface area contributed by atoms with Crippen LogP contribution in [0.25, 0.3) is 0 Å². The monoisotopic (exact) mass is 461 g/mol. The van der Waals surface area contributed by atoms with Gasteiger partial charge in [0.2, 0.25) is 0 Å². The van der Waals surface area contributed by atoms with Crippen molar-refractivity contribution in [1.82, 2.24) is 0 Å². The zero-order valence-corrected chi connectivity index (χ0v) is 21.7. The van der Waals surface area contributed by atoms with E-state index in [1.807, 2.05) is 0 Å². The van der Waals surface area contributed by atoms with Crippen molar-refractivity contribution in [3.05, 3.63) is 57.6 Å². The predicted octanol–water partition coefficient (Wildman–Crippen LogP) is -0.170. The molecule has 0 saturated carbocycles.